The van der Waals surface area contributed by atoms with Crippen LogP contribution in [0.1, 0.15) is 0 Å². The first-order valence-electron chi connectivity index (χ1n) is 5.78. The first-order valence-corrected chi connectivity index (χ1v) is 5.78. The van der Waals surface area contributed by atoms with E-state index in [4.69, 9.17) is 0 Å². The zero-order valence-corrected chi connectivity index (χ0v) is 9.97. The topological polar surface area (TPSA) is 49.8 Å². The van der Waals surface area contributed by atoms with Crippen molar-refractivity contribution < 1.29 is 0 Å². The maximum absolute atomic E-state index is 12.1. The molecule has 0 aliphatic carbocycles. The fourth-order valence-corrected chi connectivity index (χ4v) is 2.17. The molecule has 90 valence electrons. The molecule has 2 aromatic carbocycles. The van der Waals surface area contributed by atoms with E-state index in [-0.39, 0.29) is 5.69 Å². The van der Waals surface area contributed by atoms with Crippen LogP contribution < -0.4 is 11.0 Å². The molecule has 0 radical (unpaired) electrons. The molecule has 0 spiro atoms. The number of anilines is 1. The summed E-state index contributed by atoms with van der Waals surface area (Å²) in [6, 6.07) is 15.4. The van der Waals surface area contributed by atoms with E-state index in [1.165, 1.54) is 0 Å². The summed E-state index contributed by atoms with van der Waals surface area (Å²) in [4.78, 5) is 14.9. The summed E-state index contributed by atoms with van der Waals surface area (Å²) in [6.07, 6.45) is 0. The summed E-state index contributed by atoms with van der Waals surface area (Å²) in [7, 11) is 1.85. The lowest BCUT2D eigenvalue weighted by atomic mass is 10.2. The zero-order valence-electron chi connectivity index (χ0n) is 9.97. The predicted molar refractivity (Wildman–Crippen MR) is 73.4 cm³/mol. The Hall–Kier alpha value is -2.49. The first kappa shape index (κ1) is 10.7. The van der Waals surface area contributed by atoms with Gasteiger partial charge in [0.1, 0.15) is 0 Å². The van der Waals surface area contributed by atoms with Crippen molar-refractivity contribution in [1.29, 1.82) is 0 Å². The van der Waals surface area contributed by atoms with Crippen molar-refractivity contribution in [2.45, 2.75) is 0 Å². The van der Waals surface area contributed by atoms with Crippen LogP contribution in [0.3, 0.4) is 0 Å². The molecule has 0 fully saturated rings. The Morgan fingerprint density at radius 3 is 2.61 bits per heavy atom. The summed E-state index contributed by atoms with van der Waals surface area (Å²) >= 11 is 0. The number of hydrogen-bond acceptors (Lipinski definition) is 2. The van der Waals surface area contributed by atoms with Crippen molar-refractivity contribution >= 4 is 16.7 Å². The Labute approximate surface area is 104 Å². The van der Waals surface area contributed by atoms with Gasteiger partial charge in [-0.05, 0) is 24.3 Å². The van der Waals surface area contributed by atoms with Crippen LogP contribution in [-0.2, 0) is 0 Å². The third-order valence-corrected chi connectivity index (χ3v) is 3.00. The molecule has 0 unspecified atom stereocenters. The van der Waals surface area contributed by atoms with Crippen LogP contribution in [0.25, 0.3) is 16.7 Å². The number of nitrogens with one attached hydrogen (secondary N) is 2. The minimum Gasteiger partial charge on any atom is -0.386 e. The predicted octanol–water partition coefficient (Wildman–Crippen LogP) is 2.36. The van der Waals surface area contributed by atoms with Gasteiger partial charge in [-0.3, -0.25) is 4.57 Å². The minimum absolute atomic E-state index is 0.126. The number of aromatic nitrogens is 2. The molecule has 3 rings (SSSR count). The normalized spacial score (nSPS) is 10.7. The van der Waals surface area contributed by atoms with Gasteiger partial charge in [-0.1, -0.05) is 24.3 Å². The van der Waals surface area contributed by atoms with Gasteiger partial charge in [-0.25, -0.2) is 4.79 Å². The number of fused-ring (bicyclic) bond motifs is 1. The van der Waals surface area contributed by atoms with Crippen LogP contribution in [0.5, 0.6) is 0 Å². The van der Waals surface area contributed by atoms with E-state index in [9.17, 15) is 4.79 Å². The fraction of sp³-hybridized carbons (Fsp3) is 0.0714. The van der Waals surface area contributed by atoms with E-state index < -0.39 is 0 Å². The number of hydrogen-bond donors (Lipinski definition) is 2. The standard InChI is InChI=1S/C14H13N3O/c1-15-10-6-2-4-8-12(10)17-13-9-5-3-7-11(13)16-14(17)18/h2-9,15H,1H3,(H,16,18). The van der Waals surface area contributed by atoms with Gasteiger partial charge in [-0.2, -0.15) is 0 Å². The molecule has 0 saturated carbocycles. The van der Waals surface area contributed by atoms with Crippen molar-refractivity contribution in [2.24, 2.45) is 0 Å². The lowest BCUT2D eigenvalue weighted by molar-refractivity contribution is 1.02. The molecule has 0 bridgehead atoms. The zero-order chi connectivity index (χ0) is 12.5. The van der Waals surface area contributed by atoms with Gasteiger partial charge in [0, 0.05) is 7.05 Å². The largest absolute Gasteiger partial charge is 0.386 e. The highest BCUT2D eigenvalue weighted by Crippen LogP contribution is 2.21. The van der Waals surface area contributed by atoms with Gasteiger partial charge in [0.25, 0.3) is 0 Å². The molecule has 1 heterocycles. The number of aromatic amines is 1. The molecule has 4 nitrogen and oxygen atoms in total. The Bertz CT molecular complexity index is 755. The molecule has 18 heavy (non-hydrogen) atoms. The van der Waals surface area contributed by atoms with E-state index >= 15 is 0 Å². The number of H-pyrrole nitrogens is 1. The average Bonchev–Trinajstić information content (AvgIpc) is 2.74. The third-order valence-electron chi connectivity index (χ3n) is 3.00. The highest BCUT2D eigenvalue weighted by atomic mass is 16.1. The SMILES string of the molecule is CNc1ccccc1-n1c(=O)[nH]c2ccccc21. The second kappa shape index (κ2) is 4.07. The van der Waals surface area contributed by atoms with E-state index in [1.807, 2.05) is 55.6 Å². The van der Waals surface area contributed by atoms with Crippen LogP contribution in [0.4, 0.5) is 5.69 Å². The first-order chi connectivity index (χ1) is 8.81. The van der Waals surface area contributed by atoms with E-state index in [2.05, 4.69) is 10.3 Å². The van der Waals surface area contributed by atoms with Gasteiger partial charge >= 0.3 is 5.69 Å². The molecule has 0 amide bonds. The molecular formula is C14H13N3O. The van der Waals surface area contributed by atoms with Crippen molar-refractivity contribution in [3.63, 3.8) is 0 Å². The summed E-state index contributed by atoms with van der Waals surface area (Å²) in [5.74, 6) is 0. The molecule has 0 atom stereocenters. The van der Waals surface area contributed by atoms with Crippen molar-refractivity contribution in [1.82, 2.24) is 9.55 Å². The molecular weight excluding hydrogens is 226 g/mol. The van der Waals surface area contributed by atoms with E-state index in [1.54, 1.807) is 4.57 Å². The van der Waals surface area contributed by atoms with Crippen LogP contribution in [0.2, 0.25) is 0 Å². The van der Waals surface area contributed by atoms with Crippen LogP contribution in [-0.4, -0.2) is 16.6 Å². The van der Waals surface area contributed by atoms with Crippen LogP contribution in [0.15, 0.2) is 53.3 Å². The second-order valence-electron chi connectivity index (χ2n) is 4.05. The highest BCUT2D eigenvalue weighted by molar-refractivity contribution is 5.79. The summed E-state index contributed by atoms with van der Waals surface area (Å²) in [5, 5.41) is 3.10. The van der Waals surface area contributed by atoms with Gasteiger partial charge < -0.3 is 10.3 Å². The van der Waals surface area contributed by atoms with Crippen molar-refractivity contribution in [3.8, 4) is 5.69 Å². The van der Waals surface area contributed by atoms with E-state index in [0.717, 1.165) is 22.4 Å². The molecule has 0 aliphatic heterocycles. The van der Waals surface area contributed by atoms with Gasteiger partial charge in [-0.15, -0.1) is 0 Å². The summed E-state index contributed by atoms with van der Waals surface area (Å²) in [5.41, 5.74) is 3.37. The molecule has 1 aromatic heterocycles. The lowest BCUT2D eigenvalue weighted by Crippen LogP contribution is -2.15. The summed E-state index contributed by atoms with van der Waals surface area (Å²) in [6.45, 7) is 0. The Balaban J connectivity index is 2.38. The number of para-hydroxylation sites is 4. The molecule has 3 aromatic rings. The maximum atomic E-state index is 12.1. The van der Waals surface area contributed by atoms with Crippen LogP contribution in [0, 0.1) is 0 Å². The Morgan fingerprint density at radius 1 is 1.06 bits per heavy atom. The van der Waals surface area contributed by atoms with Gasteiger partial charge in [0.2, 0.25) is 0 Å². The van der Waals surface area contributed by atoms with Gasteiger partial charge in [0.05, 0.1) is 22.4 Å². The number of imidazole rings is 1. The smallest absolute Gasteiger partial charge is 0.331 e. The Morgan fingerprint density at radius 2 is 1.78 bits per heavy atom. The average molecular weight is 239 g/mol. The van der Waals surface area contributed by atoms with Crippen molar-refractivity contribution in [3.05, 3.63) is 59.0 Å². The molecule has 4 heteroatoms. The quantitative estimate of drug-likeness (QED) is 0.721. The molecule has 0 saturated heterocycles. The second-order valence-corrected chi connectivity index (χ2v) is 4.05. The summed E-state index contributed by atoms with van der Waals surface area (Å²) < 4.78 is 1.68. The fourth-order valence-electron chi connectivity index (χ4n) is 2.17. The molecule has 0 aliphatic rings. The monoisotopic (exact) mass is 239 g/mol. The maximum Gasteiger partial charge on any atom is 0.331 e. The highest BCUT2D eigenvalue weighted by Gasteiger charge is 2.10. The van der Waals surface area contributed by atoms with Crippen LogP contribution >= 0.6 is 0 Å². The number of nitrogens with zero attached hydrogens (tertiary/aromatic N) is 1. The minimum atomic E-state index is -0.126. The van der Waals surface area contributed by atoms with E-state index in [0.29, 0.717) is 0 Å². The molecule has 2 N–H and O–H groups in total. The van der Waals surface area contributed by atoms with Gasteiger partial charge in [0.15, 0.2) is 0 Å². The van der Waals surface area contributed by atoms with Crippen molar-refractivity contribution in [2.75, 3.05) is 12.4 Å². The Kier molecular flexibility index (Phi) is 2.41. The lowest BCUT2D eigenvalue weighted by Gasteiger charge is -2.09. The number of rotatable bonds is 2. The number of benzene rings is 2. The third kappa shape index (κ3) is 1.50.